The molecule has 0 unspecified atom stereocenters. The molecule has 0 radical (unpaired) electrons. The summed E-state index contributed by atoms with van der Waals surface area (Å²) in [6, 6.07) is 14.1. The Bertz CT molecular complexity index is 1240. The van der Waals surface area contributed by atoms with E-state index in [1.807, 2.05) is 6.92 Å². The fourth-order valence-corrected chi connectivity index (χ4v) is 4.38. The molecule has 2 N–H and O–H groups in total. The van der Waals surface area contributed by atoms with Crippen LogP contribution in [0.25, 0.3) is 5.76 Å². The molecular formula is C25H21NO6. The smallest absolute Gasteiger partial charge is 0.296 e. The van der Waals surface area contributed by atoms with Crippen molar-refractivity contribution in [3.8, 4) is 11.5 Å². The van der Waals surface area contributed by atoms with Crippen LogP contribution < -0.4 is 4.74 Å². The third-order valence-corrected chi connectivity index (χ3v) is 5.80. The first kappa shape index (κ1) is 19.9. The minimum atomic E-state index is -0.879. The number of rotatable bonds is 4. The molecule has 1 saturated heterocycles. The summed E-state index contributed by atoms with van der Waals surface area (Å²) < 4.78 is 11.1. The number of furan rings is 1. The number of ether oxygens (including phenoxy) is 1. The number of likely N-dealkylation sites (tertiary alicyclic amines) is 1. The summed E-state index contributed by atoms with van der Waals surface area (Å²) in [5.74, 6) is -0.546. The number of hydrogen-bond acceptors (Lipinski definition) is 6. The lowest BCUT2D eigenvalue weighted by Gasteiger charge is -2.24. The van der Waals surface area contributed by atoms with Crippen molar-refractivity contribution >= 4 is 17.4 Å². The second-order valence-electron chi connectivity index (χ2n) is 8.06. The van der Waals surface area contributed by atoms with E-state index in [9.17, 15) is 19.8 Å². The summed E-state index contributed by atoms with van der Waals surface area (Å²) in [5, 5.41) is 21.2. The van der Waals surface area contributed by atoms with Crippen LogP contribution in [0.2, 0.25) is 0 Å². The van der Waals surface area contributed by atoms with E-state index >= 15 is 0 Å². The van der Waals surface area contributed by atoms with E-state index in [4.69, 9.17) is 9.15 Å². The number of aliphatic hydroxyl groups is 1. The topological polar surface area (TPSA) is 100 Å². The van der Waals surface area contributed by atoms with Crippen LogP contribution in [0, 0.1) is 0 Å². The number of phenolic OH excluding ortho intramolecular Hbond substituents is 1. The van der Waals surface area contributed by atoms with Crippen LogP contribution in [-0.2, 0) is 22.6 Å². The Morgan fingerprint density at radius 1 is 1.12 bits per heavy atom. The summed E-state index contributed by atoms with van der Waals surface area (Å²) >= 11 is 0. The molecule has 32 heavy (non-hydrogen) atoms. The molecule has 7 nitrogen and oxygen atoms in total. The lowest BCUT2D eigenvalue weighted by molar-refractivity contribution is -0.140. The highest BCUT2D eigenvalue weighted by molar-refractivity contribution is 6.46. The maximum absolute atomic E-state index is 13.1. The van der Waals surface area contributed by atoms with E-state index in [-0.39, 0.29) is 29.7 Å². The van der Waals surface area contributed by atoms with E-state index in [1.54, 1.807) is 42.5 Å². The van der Waals surface area contributed by atoms with Gasteiger partial charge in [0.25, 0.3) is 11.7 Å². The quantitative estimate of drug-likeness (QED) is 0.369. The first-order chi connectivity index (χ1) is 15.4. The lowest BCUT2D eigenvalue weighted by atomic mass is 9.94. The van der Waals surface area contributed by atoms with Crippen molar-refractivity contribution < 1.29 is 29.0 Å². The molecule has 3 aromatic rings. The van der Waals surface area contributed by atoms with Crippen molar-refractivity contribution in [1.82, 2.24) is 4.90 Å². The molecular weight excluding hydrogens is 410 g/mol. The maximum Gasteiger partial charge on any atom is 0.296 e. The van der Waals surface area contributed by atoms with E-state index < -0.39 is 17.7 Å². The van der Waals surface area contributed by atoms with Gasteiger partial charge in [0.2, 0.25) is 0 Å². The average Bonchev–Trinajstić information content (AvgIpc) is 3.47. The lowest BCUT2D eigenvalue weighted by Crippen LogP contribution is -2.29. The van der Waals surface area contributed by atoms with E-state index in [0.717, 1.165) is 11.3 Å². The Morgan fingerprint density at radius 2 is 1.97 bits per heavy atom. The Morgan fingerprint density at radius 3 is 2.72 bits per heavy atom. The third-order valence-electron chi connectivity index (χ3n) is 5.80. The van der Waals surface area contributed by atoms with Gasteiger partial charge in [-0.1, -0.05) is 12.1 Å². The monoisotopic (exact) mass is 431 g/mol. The number of carbonyl (C=O) groups is 2. The van der Waals surface area contributed by atoms with Gasteiger partial charge in [0, 0.05) is 12.0 Å². The number of nitrogens with zero attached hydrogens (tertiary/aromatic N) is 1. The number of carbonyl (C=O) groups excluding carboxylic acids is 2. The van der Waals surface area contributed by atoms with Crippen molar-refractivity contribution in [2.75, 3.05) is 0 Å². The van der Waals surface area contributed by atoms with Crippen molar-refractivity contribution in [3.05, 3.63) is 88.9 Å². The van der Waals surface area contributed by atoms with Crippen LogP contribution >= 0.6 is 0 Å². The van der Waals surface area contributed by atoms with Crippen LogP contribution in [0.4, 0.5) is 0 Å². The summed E-state index contributed by atoms with van der Waals surface area (Å²) in [4.78, 5) is 27.4. The molecule has 2 aliphatic heterocycles. The van der Waals surface area contributed by atoms with Crippen molar-refractivity contribution in [2.45, 2.75) is 32.0 Å². The molecule has 162 valence electrons. The highest BCUT2D eigenvalue weighted by Crippen LogP contribution is 2.42. The molecule has 0 aliphatic carbocycles. The van der Waals surface area contributed by atoms with E-state index in [0.29, 0.717) is 23.3 Å². The summed E-state index contributed by atoms with van der Waals surface area (Å²) in [6.07, 6.45) is 2.22. The molecule has 1 amide bonds. The molecule has 2 aliphatic rings. The molecule has 7 heteroatoms. The largest absolute Gasteiger partial charge is 0.508 e. The number of Topliss-reactive ketones (excluding diaryl/α,β-unsaturated/α-hetero) is 1. The van der Waals surface area contributed by atoms with Crippen LogP contribution in [0.15, 0.2) is 70.9 Å². The van der Waals surface area contributed by atoms with E-state index in [2.05, 4.69) is 0 Å². The second-order valence-corrected chi connectivity index (χ2v) is 8.06. The van der Waals surface area contributed by atoms with Crippen molar-refractivity contribution in [3.63, 3.8) is 0 Å². The highest BCUT2D eigenvalue weighted by Gasteiger charge is 2.46. The van der Waals surface area contributed by atoms with Gasteiger partial charge < -0.3 is 24.3 Å². The minimum absolute atomic E-state index is 0.00486. The van der Waals surface area contributed by atoms with Gasteiger partial charge in [0.15, 0.2) is 0 Å². The predicted octanol–water partition coefficient (Wildman–Crippen LogP) is 3.93. The van der Waals surface area contributed by atoms with Gasteiger partial charge in [-0.2, -0.15) is 0 Å². The first-order valence-electron chi connectivity index (χ1n) is 10.3. The summed E-state index contributed by atoms with van der Waals surface area (Å²) in [5.41, 5.74) is 1.84. The number of aliphatic hydroxyl groups excluding tert-OH is 1. The van der Waals surface area contributed by atoms with Gasteiger partial charge in [0.1, 0.15) is 29.1 Å². The zero-order valence-corrected chi connectivity index (χ0v) is 17.3. The van der Waals surface area contributed by atoms with Gasteiger partial charge in [-0.05, 0) is 60.5 Å². The zero-order chi connectivity index (χ0) is 22.4. The van der Waals surface area contributed by atoms with Crippen molar-refractivity contribution in [1.29, 1.82) is 0 Å². The first-order valence-corrected chi connectivity index (χ1v) is 10.3. The molecule has 1 aromatic heterocycles. The van der Waals surface area contributed by atoms with Gasteiger partial charge in [-0.3, -0.25) is 9.59 Å². The van der Waals surface area contributed by atoms with E-state index in [1.165, 1.54) is 23.3 Å². The molecule has 0 bridgehead atoms. The summed E-state index contributed by atoms with van der Waals surface area (Å²) in [7, 11) is 0. The Labute approximate surface area is 184 Å². The molecule has 5 rings (SSSR count). The van der Waals surface area contributed by atoms with Crippen LogP contribution in [0.1, 0.15) is 35.4 Å². The van der Waals surface area contributed by atoms with Gasteiger partial charge >= 0.3 is 0 Å². The van der Waals surface area contributed by atoms with Crippen LogP contribution in [0.5, 0.6) is 11.5 Å². The Hall–Kier alpha value is -4.00. The second kappa shape index (κ2) is 7.60. The number of ketones is 1. The number of phenols is 1. The molecule has 2 aromatic carbocycles. The minimum Gasteiger partial charge on any atom is -0.508 e. The normalized spacial score (nSPS) is 21.6. The molecule has 3 heterocycles. The number of benzene rings is 2. The molecule has 0 saturated carbocycles. The fraction of sp³-hybridized carbons (Fsp3) is 0.200. The zero-order valence-electron chi connectivity index (χ0n) is 17.3. The SMILES string of the molecule is C[C@H]1Cc2cc(C(O)=C3C(=O)C(=O)N(Cc4ccco4)[C@@H]3c3cccc(O)c3)ccc2O1. The number of amides is 1. The highest BCUT2D eigenvalue weighted by atomic mass is 16.5. The third kappa shape index (κ3) is 3.32. The van der Waals surface area contributed by atoms with Crippen LogP contribution in [0.3, 0.4) is 0 Å². The Balaban J connectivity index is 1.64. The van der Waals surface area contributed by atoms with Gasteiger partial charge in [-0.25, -0.2) is 0 Å². The fourth-order valence-electron chi connectivity index (χ4n) is 4.38. The maximum atomic E-state index is 13.1. The average molecular weight is 431 g/mol. The number of aromatic hydroxyl groups is 1. The van der Waals surface area contributed by atoms with Crippen molar-refractivity contribution in [2.24, 2.45) is 0 Å². The van der Waals surface area contributed by atoms with Gasteiger partial charge in [-0.15, -0.1) is 0 Å². The predicted molar refractivity (Wildman–Crippen MR) is 115 cm³/mol. The molecule has 0 spiro atoms. The van der Waals surface area contributed by atoms with Gasteiger partial charge in [0.05, 0.1) is 24.4 Å². The molecule has 2 atom stereocenters. The van der Waals surface area contributed by atoms with Crippen LogP contribution in [-0.4, -0.2) is 32.9 Å². The molecule has 1 fully saturated rings. The number of fused-ring (bicyclic) bond motifs is 1. The number of hydrogen-bond donors (Lipinski definition) is 2. The summed E-state index contributed by atoms with van der Waals surface area (Å²) in [6.45, 7) is 2.01. The standard InChI is InChI=1S/C25H21NO6/c1-14-10-17-11-16(7-8-20(17)32-14)23(28)21-22(15-4-2-5-18(27)12-15)26(25(30)24(21)29)13-19-6-3-9-31-19/h2-9,11-12,14,22,27-28H,10,13H2,1H3/t14-,22+/m0/s1. The Kier molecular flexibility index (Phi) is 4.74.